The second-order valence-corrected chi connectivity index (χ2v) is 4.23. The lowest BCUT2D eigenvalue weighted by Gasteiger charge is -2.08. The van der Waals surface area contributed by atoms with Gasteiger partial charge in [0.1, 0.15) is 5.69 Å². The minimum absolute atomic E-state index is 0.0651. The monoisotopic (exact) mass is 287 g/mol. The normalized spacial score (nSPS) is 10.1. The summed E-state index contributed by atoms with van der Waals surface area (Å²) < 4.78 is 0. The predicted octanol–water partition coefficient (Wildman–Crippen LogP) is 2.24. The van der Waals surface area contributed by atoms with Crippen molar-refractivity contribution >= 4 is 17.3 Å². The third-order valence-electron chi connectivity index (χ3n) is 2.74. The van der Waals surface area contributed by atoms with Crippen LogP contribution in [0.2, 0.25) is 0 Å². The van der Waals surface area contributed by atoms with Gasteiger partial charge in [0.25, 0.3) is 5.69 Å². The molecule has 0 aliphatic carbocycles. The summed E-state index contributed by atoms with van der Waals surface area (Å²) in [4.78, 5) is 26.6. The third kappa shape index (κ3) is 3.77. The van der Waals surface area contributed by atoms with Crippen molar-refractivity contribution in [3.05, 3.63) is 69.8 Å². The molecule has 0 saturated heterocycles. The van der Waals surface area contributed by atoms with Crippen molar-refractivity contribution in [1.82, 2.24) is 0 Å². The molecule has 0 fully saturated rings. The molecule has 21 heavy (non-hydrogen) atoms. The van der Waals surface area contributed by atoms with E-state index >= 15 is 0 Å². The predicted molar refractivity (Wildman–Crippen MR) is 76.5 cm³/mol. The van der Waals surface area contributed by atoms with Gasteiger partial charge in [0.2, 0.25) is 5.91 Å². The summed E-state index contributed by atoms with van der Waals surface area (Å²) in [6.07, 6.45) is 0. The molecule has 7 nitrogen and oxygen atoms in total. The van der Waals surface area contributed by atoms with Crippen LogP contribution in [-0.4, -0.2) is 10.8 Å². The van der Waals surface area contributed by atoms with Gasteiger partial charge in [-0.3, -0.25) is 25.2 Å². The maximum Gasteiger partial charge on any atom is 0.295 e. The van der Waals surface area contributed by atoms with Crippen LogP contribution in [0.25, 0.3) is 0 Å². The highest BCUT2D eigenvalue weighted by Crippen LogP contribution is 2.25. The van der Waals surface area contributed by atoms with Crippen molar-refractivity contribution in [3.63, 3.8) is 0 Å². The molecule has 0 radical (unpaired) electrons. The van der Waals surface area contributed by atoms with E-state index in [1.807, 2.05) is 30.3 Å². The Labute approximate surface area is 120 Å². The summed E-state index contributed by atoms with van der Waals surface area (Å²) in [5.74, 6) is -0.727. The van der Waals surface area contributed by atoms with E-state index in [4.69, 9.17) is 10.6 Å². The molecule has 0 unspecified atom stereocenters. The van der Waals surface area contributed by atoms with Crippen LogP contribution in [0.4, 0.5) is 11.4 Å². The van der Waals surface area contributed by atoms with E-state index in [1.165, 1.54) is 12.1 Å². The molecule has 0 aliphatic rings. The molecular weight excluding hydrogens is 274 g/mol. The quantitative estimate of drug-likeness (QED) is 0.625. The Balaban J connectivity index is 2.09. The van der Waals surface area contributed by atoms with E-state index in [1.54, 1.807) is 0 Å². The molecule has 2 rings (SSSR count). The molecule has 1 amide bonds. The van der Waals surface area contributed by atoms with Crippen LogP contribution in [0.1, 0.15) is 15.9 Å². The van der Waals surface area contributed by atoms with Crippen LogP contribution < -0.4 is 11.2 Å². The van der Waals surface area contributed by atoms with E-state index in [9.17, 15) is 14.9 Å². The first-order valence-electron chi connectivity index (χ1n) is 6.08. The van der Waals surface area contributed by atoms with E-state index in [0.717, 1.165) is 11.6 Å². The van der Waals surface area contributed by atoms with Gasteiger partial charge in [-0.2, -0.15) is 0 Å². The first kappa shape index (κ1) is 14.5. The number of primary amides is 1. The Morgan fingerprint density at radius 3 is 2.57 bits per heavy atom. The lowest BCUT2D eigenvalue weighted by Crippen LogP contribution is -2.12. The molecule has 0 aromatic heterocycles. The number of nitro groups is 1. The molecule has 2 aromatic carbocycles. The number of anilines is 1. The average molecular weight is 287 g/mol. The van der Waals surface area contributed by atoms with Crippen molar-refractivity contribution in [2.24, 2.45) is 5.73 Å². The zero-order valence-corrected chi connectivity index (χ0v) is 11.0. The number of nitrogens with one attached hydrogen (secondary N) is 1. The number of rotatable bonds is 6. The summed E-state index contributed by atoms with van der Waals surface area (Å²) in [5, 5.41) is 11.0. The highest BCUT2D eigenvalue weighted by molar-refractivity contribution is 5.94. The number of amides is 1. The Morgan fingerprint density at radius 2 is 1.95 bits per heavy atom. The van der Waals surface area contributed by atoms with Gasteiger partial charge < -0.3 is 5.73 Å². The Kier molecular flexibility index (Phi) is 4.47. The summed E-state index contributed by atoms with van der Waals surface area (Å²) in [6, 6.07) is 13.2. The maximum atomic E-state index is 11.0. The standard InChI is InChI=1S/C14H13N3O4/c15-14(18)11-6-7-12(13(8-11)17(19)20)16-21-9-10-4-2-1-3-5-10/h1-8,16H,9H2,(H2,15,18). The van der Waals surface area contributed by atoms with Crippen molar-refractivity contribution in [2.75, 3.05) is 5.48 Å². The molecule has 108 valence electrons. The fraction of sp³-hybridized carbons (Fsp3) is 0.0714. The molecule has 0 heterocycles. The largest absolute Gasteiger partial charge is 0.366 e. The fourth-order valence-electron chi connectivity index (χ4n) is 1.69. The summed E-state index contributed by atoms with van der Waals surface area (Å²) in [7, 11) is 0. The molecular formula is C14H13N3O4. The Hall–Kier alpha value is -2.93. The van der Waals surface area contributed by atoms with Crippen LogP contribution in [-0.2, 0) is 11.4 Å². The van der Waals surface area contributed by atoms with Crippen LogP contribution in [0.15, 0.2) is 48.5 Å². The van der Waals surface area contributed by atoms with Gasteiger partial charge in [0.05, 0.1) is 11.5 Å². The van der Waals surface area contributed by atoms with Crippen molar-refractivity contribution < 1.29 is 14.6 Å². The van der Waals surface area contributed by atoms with Gasteiger partial charge in [0, 0.05) is 11.6 Å². The van der Waals surface area contributed by atoms with Gasteiger partial charge in [-0.05, 0) is 17.7 Å². The highest BCUT2D eigenvalue weighted by Gasteiger charge is 2.16. The van der Waals surface area contributed by atoms with Gasteiger partial charge in [-0.1, -0.05) is 30.3 Å². The van der Waals surface area contributed by atoms with Crippen molar-refractivity contribution in [2.45, 2.75) is 6.61 Å². The number of hydrogen-bond donors (Lipinski definition) is 2. The number of nitrogens with zero attached hydrogens (tertiary/aromatic N) is 1. The SMILES string of the molecule is NC(=O)c1ccc(NOCc2ccccc2)c([N+](=O)[O-])c1. The molecule has 0 aliphatic heterocycles. The second kappa shape index (κ2) is 6.49. The minimum atomic E-state index is -0.727. The number of hydrogen-bond acceptors (Lipinski definition) is 5. The zero-order valence-electron chi connectivity index (χ0n) is 11.0. The zero-order chi connectivity index (χ0) is 15.2. The molecule has 0 bridgehead atoms. The summed E-state index contributed by atoms with van der Waals surface area (Å²) >= 11 is 0. The van der Waals surface area contributed by atoms with E-state index in [-0.39, 0.29) is 23.5 Å². The van der Waals surface area contributed by atoms with Gasteiger partial charge in [-0.15, -0.1) is 0 Å². The summed E-state index contributed by atoms with van der Waals surface area (Å²) in [5.41, 5.74) is 8.47. The number of nitrogens with two attached hydrogens (primary N) is 1. The smallest absolute Gasteiger partial charge is 0.295 e. The number of carbonyl (C=O) groups is 1. The number of carbonyl (C=O) groups excluding carboxylic acids is 1. The van der Waals surface area contributed by atoms with Crippen LogP contribution >= 0.6 is 0 Å². The first-order valence-corrected chi connectivity index (χ1v) is 6.08. The van der Waals surface area contributed by atoms with Crippen LogP contribution in [0, 0.1) is 10.1 Å². The Morgan fingerprint density at radius 1 is 1.24 bits per heavy atom. The Bertz CT molecular complexity index is 659. The van der Waals surface area contributed by atoms with E-state index in [0.29, 0.717) is 0 Å². The molecule has 7 heteroatoms. The van der Waals surface area contributed by atoms with Gasteiger partial charge >= 0.3 is 0 Å². The molecule has 0 spiro atoms. The molecule has 3 N–H and O–H groups in total. The fourth-order valence-corrected chi connectivity index (χ4v) is 1.69. The lowest BCUT2D eigenvalue weighted by atomic mass is 10.1. The number of nitro benzene ring substituents is 1. The van der Waals surface area contributed by atoms with Gasteiger partial charge in [0.15, 0.2) is 0 Å². The summed E-state index contributed by atoms with van der Waals surface area (Å²) in [6.45, 7) is 0.246. The number of benzene rings is 2. The lowest BCUT2D eigenvalue weighted by molar-refractivity contribution is -0.384. The van der Waals surface area contributed by atoms with Crippen LogP contribution in [0.3, 0.4) is 0 Å². The second-order valence-electron chi connectivity index (χ2n) is 4.23. The van der Waals surface area contributed by atoms with E-state index < -0.39 is 10.8 Å². The maximum absolute atomic E-state index is 11.0. The average Bonchev–Trinajstić information content (AvgIpc) is 2.48. The first-order chi connectivity index (χ1) is 10.1. The van der Waals surface area contributed by atoms with Crippen molar-refractivity contribution in [3.8, 4) is 0 Å². The molecule has 0 atom stereocenters. The van der Waals surface area contributed by atoms with E-state index in [2.05, 4.69) is 5.48 Å². The molecule has 0 saturated carbocycles. The topological polar surface area (TPSA) is 107 Å². The highest BCUT2D eigenvalue weighted by atomic mass is 16.6. The van der Waals surface area contributed by atoms with Crippen LogP contribution in [0.5, 0.6) is 0 Å². The third-order valence-corrected chi connectivity index (χ3v) is 2.74. The minimum Gasteiger partial charge on any atom is -0.366 e. The molecule has 2 aromatic rings. The van der Waals surface area contributed by atoms with Gasteiger partial charge in [-0.25, -0.2) is 0 Å². The van der Waals surface area contributed by atoms with Crippen molar-refractivity contribution in [1.29, 1.82) is 0 Å².